The van der Waals surface area contributed by atoms with Crippen molar-refractivity contribution in [2.45, 2.75) is 11.8 Å². The van der Waals surface area contributed by atoms with Crippen molar-refractivity contribution in [3.05, 3.63) is 35.2 Å². The number of anilines is 1. The van der Waals surface area contributed by atoms with Crippen LogP contribution in [0.5, 0.6) is 0 Å². The van der Waals surface area contributed by atoms with Gasteiger partial charge in [-0.1, -0.05) is 5.16 Å². The third kappa shape index (κ3) is 2.90. The van der Waals surface area contributed by atoms with Crippen LogP contribution in [-0.2, 0) is 17.1 Å². The number of nitrogens with one attached hydrogen (secondary N) is 1. The predicted octanol–water partition coefficient (Wildman–Crippen LogP) is 1.94. The average Bonchev–Trinajstić information content (AvgIpc) is 3.18. The Bertz CT molecular complexity index is 1000. The molecule has 3 rings (SSSR count). The summed E-state index contributed by atoms with van der Waals surface area (Å²) in [6.07, 6.45) is 2.66. The second-order valence-corrected chi connectivity index (χ2v) is 7.58. The fourth-order valence-corrected chi connectivity index (χ4v) is 4.09. The molecule has 0 aliphatic rings. The normalized spacial score (nSPS) is 11.6. The Labute approximate surface area is 140 Å². The molecule has 0 aliphatic heterocycles. The molecule has 11 heteroatoms. The van der Waals surface area contributed by atoms with Crippen LogP contribution in [0.1, 0.15) is 15.4 Å². The molecular weight excluding hydrogens is 356 g/mol. The summed E-state index contributed by atoms with van der Waals surface area (Å²) in [5.74, 6) is -0.996. The first-order valence-electron chi connectivity index (χ1n) is 6.58. The molecular formula is C13H12N4O5S2. The maximum atomic E-state index is 12.4. The number of hydrogen-bond donors (Lipinski definition) is 2. The zero-order chi connectivity index (χ0) is 17.5. The molecule has 0 aliphatic carbocycles. The van der Waals surface area contributed by atoms with E-state index >= 15 is 0 Å². The van der Waals surface area contributed by atoms with Crippen molar-refractivity contribution in [3.8, 4) is 10.7 Å². The Morgan fingerprint density at radius 3 is 2.79 bits per heavy atom. The van der Waals surface area contributed by atoms with Crippen molar-refractivity contribution in [1.82, 2.24) is 14.7 Å². The molecule has 3 heterocycles. The van der Waals surface area contributed by atoms with Crippen molar-refractivity contribution in [3.63, 3.8) is 0 Å². The third-order valence-corrected chi connectivity index (χ3v) is 5.67. The molecule has 126 valence electrons. The summed E-state index contributed by atoms with van der Waals surface area (Å²) in [5, 5.41) is 13.0. The number of carboxylic acids is 1. The molecule has 0 aromatic carbocycles. The van der Waals surface area contributed by atoms with Gasteiger partial charge in [0, 0.05) is 19.3 Å². The first-order chi connectivity index (χ1) is 11.3. The van der Waals surface area contributed by atoms with Gasteiger partial charge in [-0.2, -0.15) is 0 Å². The summed E-state index contributed by atoms with van der Waals surface area (Å²) in [5.41, 5.74) is 0.880. The van der Waals surface area contributed by atoms with E-state index in [1.165, 1.54) is 24.6 Å². The van der Waals surface area contributed by atoms with Gasteiger partial charge in [0.05, 0.1) is 11.4 Å². The standard InChI is InChI=1S/C13H12N4O5S2/c1-7-11(13(18)19)23-12(14-7)9-5-8(6-17(9)2)24(20,21)16-10-3-4-22-15-10/h3-6H,1-2H3,(H,15,16)(H,18,19). The smallest absolute Gasteiger partial charge is 0.347 e. The molecule has 0 amide bonds. The molecule has 0 spiro atoms. The first kappa shape index (κ1) is 16.2. The Kier molecular flexibility index (Phi) is 3.89. The molecule has 0 saturated carbocycles. The van der Waals surface area contributed by atoms with Gasteiger partial charge in [0.25, 0.3) is 10.0 Å². The van der Waals surface area contributed by atoms with Crippen LogP contribution in [0.25, 0.3) is 10.7 Å². The highest BCUT2D eigenvalue weighted by atomic mass is 32.2. The van der Waals surface area contributed by atoms with E-state index in [2.05, 4.69) is 19.4 Å². The van der Waals surface area contributed by atoms with Gasteiger partial charge >= 0.3 is 5.97 Å². The molecule has 0 fully saturated rings. The lowest BCUT2D eigenvalue weighted by Gasteiger charge is -2.01. The topological polar surface area (TPSA) is 127 Å². The summed E-state index contributed by atoms with van der Waals surface area (Å²) in [6, 6.07) is 2.80. The predicted molar refractivity (Wildman–Crippen MR) is 85.5 cm³/mol. The van der Waals surface area contributed by atoms with Crippen molar-refractivity contribution in [1.29, 1.82) is 0 Å². The summed E-state index contributed by atoms with van der Waals surface area (Å²) in [6.45, 7) is 1.59. The van der Waals surface area contributed by atoms with Crippen LogP contribution in [0, 0.1) is 6.92 Å². The number of nitrogens with zero attached hydrogens (tertiary/aromatic N) is 3. The molecule has 2 N–H and O–H groups in total. The van der Waals surface area contributed by atoms with Gasteiger partial charge in [0.1, 0.15) is 21.0 Å². The minimum absolute atomic E-state index is 0.00716. The second-order valence-electron chi connectivity index (χ2n) is 4.90. The quantitative estimate of drug-likeness (QED) is 0.704. The highest BCUT2D eigenvalue weighted by molar-refractivity contribution is 7.92. The fraction of sp³-hybridized carbons (Fsp3) is 0.154. The molecule has 0 atom stereocenters. The van der Waals surface area contributed by atoms with Crippen LogP contribution in [0.4, 0.5) is 5.82 Å². The van der Waals surface area contributed by atoms with E-state index in [1.54, 1.807) is 18.5 Å². The maximum absolute atomic E-state index is 12.4. The monoisotopic (exact) mass is 368 g/mol. The molecule has 9 nitrogen and oxygen atoms in total. The fourth-order valence-electron chi connectivity index (χ4n) is 2.06. The van der Waals surface area contributed by atoms with E-state index in [0.29, 0.717) is 16.4 Å². The van der Waals surface area contributed by atoms with E-state index in [-0.39, 0.29) is 15.6 Å². The van der Waals surface area contributed by atoms with Crippen LogP contribution < -0.4 is 4.72 Å². The van der Waals surface area contributed by atoms with Crippen LogP contribution in [0.2, 0.25) is 0 Å². The summed E-state index contributed by atoms with van der Waals surface area (Å²) in [7, 11) is -2.19. The second kappa shape index (κ2) is 5.76. The molecule has 0 radical (unpaired) electrons. The number of carbonyl (C=O) groups is 1. The number of aromatic nitrogens is 3. The van der Waals surface area contributed by atoms with Crippen molar-refractivity contribution in [2.75, 3.05) is 4.72 Å². The van der Waals surface area contributed by atoms with Crippen LogP contribution in [0.15, 0.2) is 34.0 Å². The molecule has 3 aromatic rings. The van der Waals surface area contributed by atoms with E-state index in [9.17, 15) is 13.2 Å². The minimum atomic E-state index is -3.85. The van der Waals surface area contributed by atoms with Crippen molar-refractivity contribution >= 4 is 33.1 Å². The number of hydrogen-bond acceptors (Lipinski definition) is 7. The SMILES string of the molecule is Cc1nc(-c2cc(S(=O)(=O)Nc3ccon3)cn2C)sc1C(=O)O. The Balaban J connectivity index is 1.98. The molecule has 0 bridgehead atoms. The van der Waals surface area contributed by atoms with E-state index in [0.717, 1.165) is 11.3 Å². The first-order valence-corrected chi connectivity index (χ1v) is 8.88. The summed E-state index contributed by atoms with van der Waals surface area (Å²) in [4.78, 5) is 15.5. The third-order valence-electron chi connectivity index (χ3n) is 3.18. The Hall–Kier alpha value is -2.66. The van der Waals surface area contributed by atoms with Gasteiger partial charge in [-0.15, -0.1) is 11.3 Å². The number of thiazole rings is 1. The highest BCUT2D eigenvalue weighted by Crippen LogP contribution is 2.30. The zero-order valence-electron chi connectivity index (χ0n) is 12.5. The number of sulfonamides is 1. The lowest BCUT2D eigenvalue weighted by atomic mass is 10.4. The molecule has 24 heavy (non-hydrogen) atoms. The lowest BCUT2D eigenvalue weighted by molar-refractivity contribution is 0.0701. The van der Waals surface area contributed by atoms with Gasteiger partial charge in [0.2, 0.25) is 0 Å². The average molecular weight is 368 g/mol. The van der Waals surface area contributed by atoms with Gasteiger partial charge in [-0.3, -0.25) is 4.72 Å². The molecule has 0 unspecified atom stereocenters. The zero-order valence-corrected chi connectivity index (χ0v) is 14.2. The van der Waals surface area contributed by atoms with E-state index in [1.807, 2.05) is 0 Å². The maximum Gasteiger partial charge on any atom is 0.347 e. The van der Waals surface area contributed by atoms with Crippen molar-refractivity contribution in [2.24, 2.45) is 7.05 Å². The Morgan fingerprint density at radius 2 is 2.21 bits per heavy atom. The van der Waals surface area contributed by atoms with Gasteiger partial charge < -0.3 is 14.2 Å². The number of carboxylic acid groups (broad SMARTS) is 1. The van der Waals surface area contributed by atoms with Crippen LogP contribution in [-0.4, -0.2) is 34.2 Å². The van der Waals surface area contributed by atoms with Crippen molar-refractivity contribution < 1.29 is 22.8 Å². The number of rotatable bonds is 5. The number of aromatic carboxylic acids is 1. The van der Waals surface area contributed by atoms with E-state index in [4.69, 9.17) is 5.11 Å². The Morgan fingerprint density at radius 1 is 1.46 bits per heavy atom. The minimum Gasteiger partial charge on any atom is -0.477 e. The largest absolute Gasteiger partial charge is 0.477 e. The molecule has 0 saturated heterocycles. The van der Waals surface area contributed by atoms with Gasteiger partial charge in [0.15, 0.2) is 5.82 Å². The molecule has 3 aromatic heterocycles. The van der Waals surface area contributed by atoms with Crippen LogP contribution in [0.3, 0.4) is 0 Å². The lowest BCUT2D eigenvalue weighted by Crippen LogP contribution is -2.12. The summed E-state index contributed by atoms with van der Waals surface area (Å²) >= 11 is 0.990. The van der Waals surface area contributed by atoms with Crippen LogP contribution >= 0.6 is 11.3 Å². The van der Waals surface area contributed by atoms with Gasteiger partial charge in [-0.25, -0.2) is 18.2 Å². The summed E-state index contributed by atoms with van der Waals surface area (Å²) < 4.78 is 33.2. The highest BCUT2D eigenvalue weighted by Gasteiger charge is 2.22. The van der Waals surface area contributed by atoms with Gasteiger partial charge in [-0.05, 0) is 13.0 Å². The number of aryl methyl sites for hydroxylation is 2. The van der Waals surface area contributed by atoms with E-state index < -0.39 is 16.0 Å².